The van der Waals surface area contributed by atoms with E-state index in [-0.39, 0.29) is 56.3 Å². The minimum Gasteiger partial charge on any atom is -0.463 e. The van der Waals surface area contributed by atoms with E-state index in [9.17, 15) is 0 Å². The van der Waals surface area contributed by atoms with Gasteiger partial charge in [0.1, 0.15) is 11.4 Å². The third kappa shape index (κ3) is 5.77. The van der Waals surface area contributed by atoms with Gasteiger partial charge in [0.05, 0.1) is 35.0 Å². The molecule has 0 amide bonds. The van der Waals surface area contributed by atoms with Crippen molar-refractivity contribution in [3.8, 4) is 67.7 Å². The number of alkyl halides is 6. The molecule has 0 saturated heterocycles. The monoisotopic (exact) mass is 652 g/mol. The molecule has 0 aliphatic heterocycles. The fourth-order valence-electron chi connectivity index (χ4n) is 5.75. The molecule has 238 valence electrons. The standard InChI is InChI=1S/C38H22F6N2O2/c39-37(40,41)33-27(21-29(31-17-9-19-47-31)45-35(33)23-11-3-1-4-12-23)25-15-7-8-16-26(25)28-22-30(32-18-10-20-48-32)46-36(34(28)38(42,43)44)24-13-5-2-6-14-24/h1-22H. The number of aromatic nitrogens is 2. The first-order valence-electron chi connectivity index (χ1n) is 14.6. The van der Waals surface area contributed by atoms with E-state index in [4.69, 9.17) is 8.83 Å². The predicted molar refractivity (Wildman–Crippen MR) is 169 cm³/mol. The second kappa shape index (κ2) is 12.0. The number of halogens is 6. The van der Waals surface area contributed by atoms with Crippen molar-refractivity contribution in [1.29, 1.82) is 0 Å². The van der Waals surface area contributed by atoms with Crippen molar-refractivity contribution < 1.29 is 35.2 Å². The SMILES string of the molecule is FC(F)(F)c1c(-c2ccccc2-c2cc(-c3ccco3)nc(-c3ccccc3)c2C(F)(F)F)cc(-c2ccco2)nc1-c1ccccc1. The Bertz CT molecular complexity index is 2030. The molecule has 7 rings (SSSR count). The van der Waals surface area contributed by atoms with Gasteiger partial charge in [-0.1, -0.05) is 84.9 Å². The molecule has 4 nitrogen and oxygen atoms in total. The summed E-state index contributed by atoms with van der Waals surface area (Å²) in [4.78, 5) is 8.77. The summed E-state index contributed by atoms with van der Waals surface area (Å²) >= 11 is 0. The molecule has 0 aliphatic rings. The number of furan rings is 2. The highest BCUT2D eigenvalue weighted by Crippen LogP contribution is 2.50. The van der Waals surface area contributed by atoms with Crippen LogP contribution in [0.2, 0.25) is 0 Å². The van der Waals surface area contributed by atoms with Crippen LogP contribution in [0.1, 0.15) is 11.1 Å². The zero-order valence-corrected chi connectivity index (χ0v) is 24.7. The van der Waals surface area contributed by atoms with Crippen molar-refractivity contribution in [1.82, 2.24) is 9.97 Å². The van der Waals surface area contributed by atoms with Gasteiger partial charge >= 0.3 is 12.4 Å². The third-order valence-electron chi connectivity index (χ3n) is 7.75. The molecule has 0 N–H and O–H groups in total. The lowest BCUT2D eigenvalue weighted by atomic mass is 9.86. The molecular formula is C38H22F6N2O2. The lowest BCUT2D eigenvalue weighted by Crippen LogP contribution is -2.13. The maximum Gasteiger partial charge on any atom is 0.419 e. The Morgan fingerprint density at radius 2 is 0.792 bits per heavy atom. The van der Waals surface area contributed by atoms with Gasteiger partial charge in [-0.25, -0.2) is 9.97 Å². The van der Waals surface area contributed by atoms with E-state index >= 15 is 26.3 Å². The molecule has 4 aromatic heterocycles. The molecule has 0 saturated carbocycles. The quantitative estimate of drug-likeness (QED) is 0.168. The van der Waals surface area contributed by atoms with E-state index in [1.54, 1.807) is 60.7 Å². The lowest BCUT2D eigenvalue weighted by Gasteiger charge is -2.23. The van der Waals surface area contributed by atoms with Crippen molar-refractivity contribution >= 4 is 0 Å². The van der Waals surface area contributed by atoms with Crippen LogP contribution in [0.25, 0.3) is 67.7 Å². The minimum absolute atomic E-state index is 0.0729. The summed E-state index contributed by atoms with van der Waals surface area (Å²) < 4.78 is 102. The van der Waals surface area contributed by atoms with Gasteiger partial charge in [-0.3, -0.25) is 0 Å². The molecule has 0 unspecified atom stereocenters. The van der Waals surface area contributed by atoms with Crippen molar-refractivity contribution in [3.05, 3.63) is 145 Å². The van der Waals surface area contributed by atoms with Crippen LogP contribution in [0, 0.1) is 0 Å². The topological polar surface area (TPSA) is 52.1 Å². The molecule has 0 bridgehead atoms. The predicted octanol–water partition coefficient (Wildman–Crippen LogP) is 11.7. The Labute approximate surface area is 270 Å². The Kier molecular flexibility index (Phi) is 7.71. The fraction of sp³-hybridized carbons (Fsp3) is 0.0526. The van der Waals surface area contributed by atoms with Crippen LogP contribution < -0.4 is 0 Å². The highest BCUT2D eigenvalue weighted by atomic mass is 19.4. The zero-order valence-electron chi connectivity index (χ0n) is 24.7. The third-order valence-corrected chi connectivity index (χ3v) is 7.75. The average Bonchev–Trinajstić information content (AvgIpc) is 3.83. The molecule has 0 spiro atoms. The first-order valence-corrected chi connectivity index (χ1v) is 14.6. The van der Waals surface area contributed by atoms with Gasteiger partial charge in [-0.15, -0.1) is 0 Å². The van der Waals surface area contributed by atoms with E-state index in [1.165, 1.54) is 73.2 Å². The lowest BCUT2D eigenvalue weighted by molar-refractivity contribution is -0.137. The first-order chi connectivity index (χ1) is 23.1. The highest BCUT2D eigenvalue weighted by molar-refractivity contribution is 5.92. The van der Waals surface area contributed by atoms with Crippen molar-refractivity contribution in [3.63, 3.8) is 0 Å². The molecule has 3 aromatic carbocycles. The van der Waals surface area contributed by atoms with Gasteiger partial charge in [-0.05, 0) is 58.7 Å². The second-order valence-corrected chi connectivity index (χ2v) is 10.8. The van der Waals surface area contributed by atoms with E-state index in [0.717, 1.165) is 0 Å². The van der Waals surface area contributed by atoms with Crippen LogP contribution >= 0.6 is 0 Å². The van der Waals surface area contributed by atoms with Crippen LogP contribution in [-0.4, -0.2) is 9.97 Å². The number of rotatable bonds is 6. The van der Waals surface area contributed by atoms with Gasteiger partial charge in [0, 0.05) is 11.1 Å². The first kappa shape index (κ1) is 30.7. The maximum atomic E-state index is 15.2. The molecular weight excluding hydrogens is 630 g/mol. The maximum absolute atomic E-state index is 15.2. The average molecular weight is 653 g/mol. The largest absolute Gasteiger partial charge is 0.463 e. The summed E-state index contributed by atoms with van der Waals surface area (Å²) in [6.07, 6.45) is -7.19. The second-order valence-electron chi connectivity index (χ2n) is 10.8. The van der Waals surface area contributed by atoms with E-state index in [2.05, 4.69) is 9.97 Å². The smallest absolute Gasteiger partial charge is 0.419 e. The molecule has 4 heterocycles. The molecule has 10 heteroatoms. The number of pyridine rings is 2. The zero-order chi connectivity index (χ0) is 33.5. The summed E-state index contributed by atoms with van der Waals surface area (Å²) in [5, 5.41) is 0. The van der Waals surface area contributed by atoms with Gasteiger partial charge in [-0.2, -0.15) is 26.3 Å². The molecule has 7 aromatic rings. The Balaban J connectivity index is 1.60. The summed E-state index contributed by atoms with van der Waals surface area (Å²) in [6.45, 7) is 0. The van der Waals surface area contributed by atoms with Crippen molar-refractivity contribution in [2.24, 2.45) is 0 Å². The van der Waals surface area contributed by atoms with Gasteiger partial charge in [0.25, 0.3) is 0 Å². The van der Waals surface area contributed by atoms with Crippen LogP contribution in [0.15, 0.2) is 143 Å². The van der Waals surface area contributed by atoms with Gasteiger partial charge < -0.3 is 8.83 Å². The molecule has 0 fully saturated rings. The summed E-state index contributed by atoms with van der Waals surface area (Å²) in [5.41, 5.74) is -3.45. The van der Waals surface area contributed by atoms with E-state index in [0.29, 0.717) is 0 Å². The molecule has 0 aliphatic carbocycles. The number of hydrogen-bond donors (Lipinski definition) is 0. The number of hydrogen-bond acceptors (Lipinski definition) is 4. The summed E-state index contributed by atoms with van der Waals surface area (Å²) in [6, 6.07) is 29.9. The normalized spacial score (nSPS) is 12.0. The fourth-order valence-corrected chi connectivity index (χ4v) is 5.75. The number of nitrogens with zero attached hydrogens (tertiary/aromatic N) is 2. The summed E-state index contributed by atoms with van der Waals surface area (Å²) in [5.74, 6) is 0.372. The minimum atomic E-state index is -4.96. The highest BCUT2D eigenvalue weighted by Gasteiger charge is 2.41. The van der Waals surface area contributed by atoms with Gasteiger partial charge in [0.2, 0.25) is 0 Å². The van der Waals surface area contributed by atoms with Crippen molar-refractivity contribution in [2.75, 3.05) is 0 Å². The Morgan fingerprint density at radius 1 is 0.417 bits per heavy atom. The van der Waals surface area contributed by atoms with Crippen LogP contribution in [0.3, 0.4) is 0 Å². The van der Waals surface area contributed by atoms with Crippen molar-refractivity contribution in [2.45, 2.75) is 12.4 Å². The van der Waals surface area contributed by atoms with Crippen LogP contribution in [-0.2, 0) is 12.4 Å². The molecule has 0 atom stereocenters. The Morgan fingerprint density at radius 3 is 1.12 bits per heavy atom. The van der Waals surface area contributed by atoms with Gasteiger partial charge in [0.15, 0.2) is 11.5 Å². The van der Waals surface area contributed by atoms with E-state index < -0.39 is 34.9 Å². The van der Waals surface area contributed by atoms with Crippen LogP contribution in [0.4, 0.5) is 26.3 Å². The summed E-state index contributed by atoms with van der Waals surface area (Å²) in [7, 11) is 0. The number of benzene rings is 3. The molecule has 0 radical (unpaired) electrons. The van der Waals surface area contributed by atoms with Crippen LogP contribution in [0.5, 0.6) is 0 Å². The Hall–Kier alpha value is -5.90. The van der Waals surface area contributed by atoms with E-state index in [1.807, 2.05) is 0 Å². The molecule has 48 heavy (non-hydrogen) atoms.